The molecule has 21 heavy (non-hydrogen) atoms. The lowest BCUT2D eigenvalue weighted by atomic mass is 9.76. The second-order valence-electron chi connectivity index (χ2n) is 8.31. The maximum absolute atomic E-state index is 13.2. The topological polar surface area (TPSA) is 32.3 Å². The van der Waals surface area contributed by atoms with E-state index >= 15 is 0 Å². The molecule has 120 valence electrons. The molecular formula is C18H32N2O. The Morgan fingerprint density at radius 1 is 1.10 bits per heavy atom. The summed E-state index contributed by atoms with van der Waals surface area (Å²) in [4.78, 5) is 15.5. The summed E-state index contributed by atoms with van der Waals surface area (Å²) in [5.41, 5.74) is 0.436. The summed E-state index contributed by atoms with van der Waals surface area (Å²) in [6.45, 7) is 8.86. The molecular weight excluding hydrogens is 260 g/mol. The van der Waals surface area contributed by atoms with Gasteiger partial charge in [-0.25, -0.2) is 0 Å². The van der Waals surface area contributed by atoms with Crippen LogP contribution in [0.1, 0.15) is 65.2 Å². The van der Waals surface area contributed by atoms with Crippen LogP contribution in [0.5, 0.6) is 0 Å². The molecule has 2 heterocycles. The number of likely N-dealkylation sites (tertiary alicyclic amines) is 1. The molecule has 0 radical (unpaired) electrons. The highest BCUT2D eigenvalue weighted by atomic mass is 16.2. The normalized spacial score (nSPS) is 27.7. The number of carbonyl (C=O) groups is 1. The fourth-order valence-corrected chi connectivity index (χ4v) is 5.15. The first-order valence-corrected chi connectivity index (χ1v) is 9.06. The molecule has 1 N–H and O–H groups in total. The molecule has 1 aliphatic carbocycles. The number of carbonyl (C=O) groups excluding carboxylic acids is 1. The van der Waals surface area contributed by atoms with Crippen LogP contribution in [-0.4, -0.2) is 37.0 Å². The van der Waals surface area contributed by atoms with Crippen molar-refractivity contribution in [1.29, 1.82) is 0 Å². The molecule has 1 spiro atoms. The van der Waals surface area contributed by atoms with Gasteiger partial charge in [-0.3, -0.25) is 4.79 Å². The van der Waals surface area contributed by atoms with Gasteiger partial charge in [0.15, 0.2) is 0 Å². The van der Waals surface area contributed by atoms with Gasteiger partial charge in [0.05, 0.1) is 0 Å². The number of hydrogen-bond donors (Lipinski definition) is 1. The van der Waals surface area contributed by atoms with Crippen molar-refractivity contribution in [3.05, 3.63) is 0 Å². The molecule has 2 aliphatic heterocycles. The van der Waals surface area contributed by atoms with Gasteiger partial charge in [0, 0.05) is 18.5 Å². The van der Waals surface area contributed by atoms with Crippen LogP contribution < -0.4 is 5.32 Å². The maximum Gasteiger partial charge on any atom is 0.228 e. The highest BCUT2D eigenvalue weighted by Crippen LogP contribution is 2.47. The van der Waals surface area contributed by atoms with E-state index in [4.69, 9.17) is 0 Å². The molecule has 0 unspecified atom stereocenters. The maximum atomic E-state index is 13.2. The van der Waals surface area contributed by atoms with Crippen LogP contribution in [0, 0.1) is 16.7 Å². The quantitative estimate of drug-likeness (QED) is 0.866. The average Bonchev–Trinajstić information content (AvgIpc) is 3.07. The lowest BCUT2D eigenvalue weighted by molar-refractivity contribution is -0.142. The van der Waals surface area contributed by atoms with E-state index in [2.05, 4.69) is 24.1 Å². The molecule has 1 saturated carbocycles. The van der Waals surface area contributed by atoms with Crippen molar-refractivity contribution < 1.29 is 4.79 Å². The van der Waals surface area contributed by atoms with Crippen molar-refractivity contribution in [2.75, 3.05) is 26.2 Å². The van der Waals surface area contributed by atoms with Crippen molar-refractivity contribution in [2.45, 2.75) is 65.2 Å². The Bertz CT molecular complexity index is 379. The van der Waals surface area contributed by atoms with E-state index < -0.39 is 0 Å². The van der Waals surface area contributed by atoms with Gasteiger partial charge in [-0.05, 0) is 62.9 Å². The standard InChI is InChI=1S/C18H32N2O/c1-15(2)13-18(5-3-4-6-18)16(21)20-12-9-17(14-20)7-10-19-11-8-17/h15,19H,3-14H2,1-2H3. The monoisotopic (exact) mass is 292 g/mol. The third kappa shape index (κ3) is 2.99. The third-order valence-electron chi connectivity index (χ3n) is 6.20. The van der Waals surface area contributed by atoms with Gasteiger partial charge in [0.2, 0.25) is 5.91 Å². The van der Waals surface area contributed by atoms with Crippen LogP contribution in [-0.2, 0) is 4.79 Å². The van der Waals surface area contributed by atoms with E-state index in [-0.39, 0.29) is 5.41 Å². The zero-order chi connectivity index (χ0) is 14.9. The minimum atomic E-state index is -0.00733. The Hall–Kier alpha value is -0.570. The smallest absolute Gasteiger partial charge is 0.228 e. The largest absolute Gasteiger partial charge is 0.342 e. The van der Waals surface area contributed by atoms with Crippen LogP contribution in [0.15, 0.2) is 0 Å². The van der Waals surface area contributed by atoms with Gasteiger partial charge in [-0.2, -0.15) is 0 Å². The summed E-state index contributed by atoms with van der Waals surface area (Å²) in [6.07, 6.45) is 9.61. The Kier molecular flexibility index (Phi) is 4.31. The number of hydrogen-bond acceptors (Lipinski definition) is 2. The second-order valence-corrected chi connectivity index (χ2v) is 8.31. The van der Waals surface area contributed by atoms with Crippen LogP contribution in [0.2, 0.25) is 0 Å². The van der Waals surface area contributed by atoms with Gasteiger partial charge in [0.25, 0.3) is 0 Å². The molecule has 1 amide bonds. The molecule has 3 heteroatoms. The molecule has 0 aromatic carbocycles. The summed E-state index contributed by atoms with van der Waals surface area (Å²) >= 11 is 0. The van der Waals surface area contributed by atoms with Crippen LogP contribution in [0.25, 0.3) is 0 Å². The highest BCUT2D eigenvalue weighted by molar-refractivity contribution is 5.83. The van der Waals surface area contributed by atoms with Crippen LogP contribution in [0.4, 0.5) is 0 Å². The molecule has 0 bridgehead atoms. The van der Waals surface area contributed by atoms with Crippen molar-refractivity contribution in [3.8, 4) is 0 Å². The molecule has 2 saturated heterocycles. The molecule has 0 aromatic heterocycles. The number of nitrogens with zero attached hydrogens (tertiary/aromatic N) is 1. The Morgan fingerprint density at radius 3 is 2.38 bits per heavy atom. The zero-order valence-corrected chi connectivity index (χ0v) is 13.9. The van der Waals surface area contributed by atoms with Gasteiger partial charge in [-0.1, -0.05) is 26.7 Å². The summed E-state index contributed by atoms with van der Waals surface area (Å²) in [7, 11) is 0. The zero-order valence-electron chi connectivity index (χ0n) is 13.9. The Morgan fingerprint density at radius 2 is 1.76 bits per heavy atom. The number of rotatable bonds is 3. The Labute approximate surface area is 129 Å². The minimum absolute atomic E-state index is 0.00733. The highest BCUT2D eigenvalue weighted by Gasteiger charge is 2.48. The lowest BCUT2D eigenvalue weighted by Gasteiger charge is -2.37. The average molecular weight is 292 g/mol. The van der Waals surface area contributed by atoms with Crippen molar-refractivity contribution >= 4 is 5.91 Å². The summed E-state index contributed by atoms with van der Waals surface area (Å²) in [6, 6.07) is 0. The fraction of sp³-hybridized carbons (Fsp3) is 0.944. The molecule has 3 aliphatic rings. The molecule has 0 aromatic rings. The van der Waals surface area contributed by atoms with E-state index in [9.17, 15) is 4.79 Å². The van der Waals surface area contributed by atoms with Crippen LogP contribution >= 0.6 is 0 Å². The van der Waals surface area contributed by atoms with Gasteiger partial charge < -0.3 is 10.2 Å². The first-order chi connectivity index (χ1) is 10.1. The Balaban J connectivity index is 1.69. The van der Waals surface area contributed by atoms with Crippen LogP contribution in [0.3, 0.4) is 0 Å². The lowest BCUT2D eigenvalue weighted by Crippen LogP contribution is -2.44. The third-order valence-corrected chi connectivity index (χ3v) is 6.20. The van der Waals surface area contributed by atoms with Gasteiger partial charge in [0.1, 0.15) is 0 Å². The fourth-order valence-electron chi connectivity index (χ4n) is 5.15. The molecule has 3 nitrogen and oxygen atoms in total. The minimum Gasteiger partial charge on any atom is -0.342 e. The first-order valence-electron chi connectivity index (χ1n) is 9.06. The second kappa shape index (κ2) is 5.91. The number of piperidine rings is 1. The number of nitrogens with one attached hydrogen (secondary N) is 1. The summed E-state index contributed by atoms with van der Waals surface area (Å²) in [5.74, 6) is 1.13. The molecule has 3 fully saturated rings. The predicted octanol–water partition coefficient (Wildman–Crippen LogP) is 3.20. The van der Waals surface area contributed by atoms with Gasteiger partial charge in [-0.15, -0.1) is 0 Å². The van der Waals surface area contributed by atoms with Crippen molar-refractivity contribution in [2.24, 2.45) is 16.7 Å². The summed E-state index contributed by atoms with van der Waals surface area (Å²) in [5, 5.41) is 3.47. The van der Waals surface area contributed by atoms with Crippen molar-refractivity contribution in [3.63, 3.8) is 0 Å². The van der Waals surface area contributed by atoms with E-state index in [0.717, 1.165) is 45.4 Å². The predicted molar refractivity (Wildman–Crippen MR) is 86.1 cm³/mol. The number of amides is 1. The van der Waals surface area contributed by atoms with Crippen molar-refractivity contribution in [1.82, 2.24) is 10.2 Å². The van der Waals surface area contributed by atoms with E-state index in [0.29, 0.717) is 17.2 Å². The molecule has 0 atom stereocenters. The SMILES string of the molecule is CC(C)CC1(C(=O)N2CCC3(CCNCC3)C2)CCCC1. The summed E-state index contributed by atoms with van der Waals surface area (Å²) < 4.78 is 0. The van der Waals surface area contributed by atoms with E-state index in [1.54, 1.807) is 0 Å². The first kappa shape index (κ1) is 15.3. The van der Waals surface area contributed by atoms with E-state index in [1.165, 1.54) is 32.1 Å². The van der Waals surface area contributed by atoms with E-state index in [1.807, 2.05) is 0 Å². The molecule has 3 rings (SSSR count). The van der Waals surface area contributed by atoms with Gasteiger partial charge >= 0.3 is 0 Å².